The second-order valence-electron chi connectivity index (χ2n) is 8.89. The Hall–Kier alpha value is -4.52. The first-order valence-electron chi connectivity index (χ1n) is 12.2. The molecule has 13 heteroatoms. The molecule has 0 bridgehead atoms. The van der Waals surface area contributed by atoms with Gasteiger partial charge >= 0.3 is 6.03 Å². The highest BCUT2D eigenvalue weighted by Gasteiger charge is 2.21. The van der Waals surface area contributed by atoms with Crippen molar-refractivity contribution in [2.45, 2.75) is 19.1 Å². The Balaban J connectivity index is 1.38. The molecule has 1 unspecified atom stereocenters. The fourth-order valence-electron chi connectivity index (χ4n) is 4.06. The van der Waals surface area contributed by atoms with E-state index in [2.05, 4.69) is 25.9 Å². The van der Waals surface area contributed by atoms with E-state index in [0.717, 1.165) is 5.56 Å². The van der Waals surface area contributed by atoms with Crippen LogP contribution < -0.4 is 26.2 Å². The highest BCUT2D eigenvalue weighted by molar-refractivity contribution is 6.31. The molecular weight excluding hydrogens is 543 g/mol. The van der Waals surface area contributed by atoms with Crippen molar-refractivity contribution >= 4 is 51.6 Å². The maximum absolute atomic E-state index is 13.6. The van der Waals surface area contributed by atoms with Gasteiger partial charge in [-0.3, -0.25) is 10.0 Å². The minimum Gasteiger partial charge on any atom is -0.486 e. The summed E-state index contributed by atoms with van der Waals surface area (Å²) in [6.07, 6.45) is 1.90. The van der Waals surface area contributed by atoms with E-state index in [4.69, 9.17) is 26.3 Å². The number of amides is 3. The van der Waals surface area contributed by atoms with Crippen LogP contribution in [0.1, 0.15) is 22.3 Å². The third-order valence-corrected chi connectivity index (χ3v) is 6.41. The minimum atomic E-state index is -0.630. The van der Waals surface area contributed by atoms with Crippen molar-refractivity contribution in [2.75, 3.05) is 23.8 Å². The highest BCUT2D eigenvalue weighted by Crippen LogP contribution is 2.35. The first-order valence-corrected chi connectivity index (χ1v) is 12.6. The molecule has 1 saturated heterocycles. The zero-order chi connectivity index (χ0) is 28.1. The standard InChI is InChI=1S/C27H24ClFN6O5/c28-20-9-17(5-6-21(20)29)33-25-19-10-23(24(11-22(19)31-14-32-25)40-18-7-8-39-13-18)34-27(37)30-12-15-1-3-16(4-2-15)26(36)35-38/h1-6,9-11,14,18,38H,7-8,12-13H2,(H,35,36)(H2,30,34,37)(H,31,32,33). The molecule has 2 heterocycles. The molecule has 4 aromatic rings. The van der Waals surface area contributed by atoms with Crippen LogP contribution in [0, 0.1) is 5.82 Å². The molecule has 0 saturated carbocycles. The molecule has 1 aromatic heterocycles. The second kappa shape index (κ2) is 12.1. The predicted molar refractivity (Wildman–Crippen MR) is 146 cm³/mol. The molecule has 5 rings (SSSR count). The summed E-state index contributed by atoms with van der Waals surface area (Å²) in [7, 11) is 0. The van der Waals surface area contributed by atoms with Crippen molar-refractivity contribution in [3.05, 3.63) is 82.9 Å². The molecule has 1 fully saturated rings. The normalized spacial score (nSPS) is 14.5. The number of urea groups is 1. The number of rotatable bonds is 8. The summed E-state index contributed by atoms with van der Waals surface area (Å²) < 4.78 is 25.2. The fraction of sp³-hybridized carbons (Fsp3) is 0.185. The summed E-state index contributed by atoms with van der Waals surface area (Å²) in [6.45, 7) is 1.18. The molecule has 11 nitrogen and oxygen atoms in total. The number of hydroxylamine groups is 1. The average Bonchev–Trinajstić information content (AvgIpc) is 3.47. The lowest BCUT2D eigenvalue weighted by Gasteiger charge is -2.18. The van der Waals surface area contributed by atoms with Crippen LogP contribution in [-0.2, 0) is 11.3 Å². The summed E-state index contributed by atoms with van der Waals surface area (Å²) in [4.78, 5) is 33.1. The second-order valence-corrected chi connectivity index (χ2v) is 9.30. The van der Waals surface area contributed by atoms with Gasteiger partial charge in [0.2, 0.25) is 0 Å². The van der Waals surface area contributed by atoms with E-state index in [-0.39, 0.29) is 23.2 Å². The summed E-state index contributed by atoms with van der Waals surface area (Å²) in [5.74, 6) is -0.346. The number of halogens is 2. The van der Waals surface area contributed by atoms with Gasteiger partial charge in [-0.25, -0.2) is 24.6 Å². The molecule has 0 spiro atoms. The van der Waals surface area contributed by atoms with Crippen LogP contribution in [0.25, 0.3) is 10.9 Å². The number of hydrogen-bond acceptors (Lipinski definition) is 8. The Morgan fingerprint density at radius 2 is 1.95 bits per heavy atom. The molecule has 1 aliphatic rings. The van der Waals surface area contributed by atoms with Gasteiger partial charge in [-0.15, -0.1) is 0 Å². The molecule has 1 aliphatic heterocycles. The van der Waals surface area contributed by atoms with Crippen molar-refractivity contribution in [1.29, 1.82) is 0 Å². The third kappa shape index (κ3) is 6.37. The zero-order valence-corrected chi connectivity index (χ0v) is 21.7. The molecule has 0 aliphatic carbocycles. The lowest BCUT2D eigenvalue weighted by Crippen LogP contribution is -2.29. The number of hydrogen-bond donors (Lipinski definition) is 5. The van der Waals surface area contributed by atoms with Gasteiger partial charge in [-0.1, -0.05) is 23.7 Å². The first-order chi connectivity index (χ1) is 19.4. The van der Waals surface area contributed by atoms with Gasteiger partial charge in [-0.2, -0.15) is 0 Å². The lowest BCUT2D eigenvalue weighted by molar-refractivity contribution is 0.0706. The number of fused-ring (bicyclic) bond motifs is 1. The van der Waals surface area contributed by atoms with Gasteiger partial charge in [-0.05, 0) is 42.0 Å². The topological polar surface area (TPSA) is 147 Å². The monoisotopic (exact) mass is 566 g/mol. The summed E-state index contributed by atoms with van der Waals surface area (Å²) in [6, 6.07) is 13.5. The molecule has 5 N–H and O–H groups in total. The molecule has 3 aromatic carbocycles. The van der Waals surface area contributed by atoms with E-state index in [1.165, 1.54) is 36.7 Å². The summed E-state index contributed by atoms with van der Waals surface area (Å²) in [5, 5.41) is 18.0. The van der Waals surface area contributed by atoms with E-state index in [0.29, 0.717) is 53.5 Å². The van der Waals surface area contributed by atoms with Gasteiger partial charge in [0.1, 0.15) is 29.8 Å². The molecule has 206 valence electrons. The predicted octanol–water partition coefficient (Wildman–Crippen LogP) is 4.77. The highest BCUT2D eigenvalue weighted by atomic mass is 35.5. The number of nitrogens with zero attached hydrogens (tertiary/aromatic N) is 2. The van der Waals surface area contributed by atoms with E-state index in [1.807, 2.05) is 0 Å². The van der Waals surface area contributed by atoms with Crippen molar-refractivity contribution in [3.8, 4) is 5.75 Å². The number of carbonyl (C=O) groups is 2. The lowest BCUT2D eigenvalue weighted by atomic mass is 10.1. The Bertz CT molecular complexity index is 1550. The first kappa shape index (κ1) is 27.1. The molecule has 3 amide bonds. The van der Waals surface area contributed by atoms with Crippen molar-refractivity contribution in [1.82, 2.24) is 20.8 Å². The molecular formula is C27H24ClFN6O5. The van der Waals surface area contributed by atoms with Crippen LogP contribution >= 0.6 is 11.6 Å². The summed E-state index contributed by atoms with van der Waals surface area (Å²) >= 11 is 5.93. The molecule has 1 atom stereocenters. The molecule has 40 heavy (non-hydrogen) atoms. The van der Waals surface area contributed by atoms with Gasteiger partial charge in [0, 0.05) is 35.7 Å². The van der Waals surface area contributed by atoms with Gasteiger partial charge in [0.25, 0.3) is 5.91 Å². The van der Waals surface area contributed by atoms with E-state index in [9.17, 15) is 14.0 Å². The Morgan fingerprint density at radius 1 is 1.12 bits per heavy atom. The van der Waals surface area contributed by atoms with Crippen LogP contribution in [0.3, 0.4) is 0 Å². The Kier molecular flexibility index (Phi) is 8.20. The number of carbonyl (C=O) groups excluding carboxylic acids is 2. The quantitative estimate of drug-likeness (QED) is 0.151. The summed E-state index contributed by atoms with van der Waals surface area (Å²) in [5.41, 5.74) is 4.03. The number of ether oxygens (including phenoxy) is 2. The number of anilines is 3. The number of aromatic nitrogens is 2. The maximum Gasteiger partial charge on any atom is 0.319 e. The van der Waals surface area contributed by atoms with Gasteiger partial charge in [0.05, 0.1) is 29.4 Å². The van der Waals surface area contributed by atoms with Crippen LogP contribution in [-0.4, -0.2) is 46.4 Å². The number of benzene rings is 3. The van der Waals surface area contributed by atoms with Crippen molar-refractivity contribution in [2.24, 2.45) is 0 Å². The molecule has 0 radical (unpaired) electrons. The van der Waals surface area contributed by atoms with Crippen molar-refractivity contribution in [3.63, 3.8) is 0 Å². The SMILES string of the molecule is O=C(NCc1ccc(C(=O)NO)cc1)Nc1cc2c(Nc3ccc(F)c(Cl)c3)ncnc2cc1OC1CCOC1. The number of nitrogens with one attached hydrogen (secondary N) is 4. The van der Waals surface area contributed by atoms with E-state index < -0.39 is 17.8 Å². The van der Waals surface area contributed by atoms with Gasteiger partial charge in [0.15, 0.2) is 0 Å². The van der Waals surface area contributed by atoms with Gasteiger partial charge < -0.3 is 25.4 Å². The van der Waals surface area contributed by atoms with Crippen LogP contribution in [0.2, 0.25) is 5.02 Å². The van der Waals surface area contributed by atoms with Crippen LogP contribution in [0.5, 0.6) is 5.75 Å². The zero-order valence-electron chi connectivity index (χ0n) is 20.9. The largest absolute Gasteiger partial charge is 0.486 e. The average molecular weight is 567 g/mol. The Labute approximate surface area is 232 Å². The Morgan fingerprint density at radius 3 is 2.67 bits per heavy atom. The van der Waals surface area contributed by atoms with Crippen molar-refractivity contribution < 1.29 is 28.7 Å². The fourth-order valence-corrected chi connectivity index (χ4v) is 4.24. The van der Waals surface area contributed by atoms with Crippen LogP contribution in [0.4, 0.5) is 26.4 Å². The minimum absolute atomic E-state index is 0.0387. The van der Waals surface area contributed by atoms with E-state index in [1.54, 1.807) is 29.7 Å². The van der Waals surface area contributed by atoms with Crippen LogP contribution in [0.15, 0.2) is 60.9 Å². The maximum atomic E-state index is 13.6. The van der Waals surface area contributed by atoms with E-state index >= 15 is 0 Å². The third-order valence-electron chi connectivity index (χ3n) is 6.12. The smallest absolute Gasteiger partial charge is 0.319 e.